The molecule has 0 amide bonds. The molecule has 0 saturated heterocycles. The van der Waals surface area contributed by atoms with Crippen molar-refractivity contribution in [2.45, 2.75) is 12.8 Å². The summed E-state index contributed by atoms with van der Waals surface area (Å²) in [4.78, 5) is 0. The van der Waals surface area contributed by atoms with Crippen molar-refractivity contribution in [1.29, 1.82) is 0 Å². The van der Waals surface area contributed by atoms with Gasteiger partial charge in [-0.15, -0.1) is 0 Å². The van der Waals surface area contributed by atoms with E-state index in [4.69, 9.17) is 5.11 Å². The highest BCUT2D eigenvalue weighted by atomic mass is 19.2. The molecule has 0 radical (unpaired) electrons. The molecule has 2 aromatic carbocycles. The maximum atomic E-state index is 13.6. The monoisotopic (exact) mass is 270 g/mol. The number of hydrogen-bond donors (Lipinski definition) is 1. The van der Waals surface area contributed by atoms with Crippen molar-refractivity contribution in [2.75, 3.05) is 0 Å². The van der Waals surface area contributed by atoms with Crippen LogP contribution in [0.15, 0.2) is 30.3 Å². The van der Waals surface area contributed by atoms with Crippen LogP contribution in [0.1, 0.15) is 24.0 Å². The number of phenols is 1. The molecule has 0 bridgehead atoms. The Balaban J connectivity index is 2.50. The summed E-state index contributed by atoms with van der Waals surface area (Å²) in [5.74, 6) is -7.13. The molecule has 19 heavy (non-hydrogen) atoms. The van der Waals surface area contributed by atoms with E-state index in [9.17, 15) is 17.6 Å². The van der Waals surface area contributed by atoms with E-state index in [0.717, 1.165) is 0 Å². The van der Waals surface area contributed by atoms with Gasteiger partial charge < -0.3 is 5.11 Å². The Labute approximate surface area is 107 Å². The molecule has 0 aromatic heterocycles. The zero-order valence-corrected chi connectivity index (χ0v) is 9.92. The molecular formula is C14H10F4O. The summed E-state index contributed by atoms with van der Waals surface area (Å²) in [6, 6.07) is 6.39. The molecule has 5 heteroatoms. The highest BCUT2D eigenvalue weighted by Crippen LogP contribution is 2.30. The van der Waals surface area contributed by atoms with Crippen molar-refractivity contribution in [3.05, 3.63) is 64.7 Å². The van der Waals surface area contributed by atoms with Crippen molar-refractivity contribution in [1.82, 2.24) is 0 Å². The minimum atomic E-state index is -1.82. The van der Waals surface area contributed by atoms with Crippen LogP contribution in [0, 0.1) is 23.3 Å². The molecule has 1 nitrogen and oxygen atoms in total. The average molecular weight is 270 g/mol. The molecular weight excluding hydrogens is 260 g/mol. The Morgan fingerprint density at radius 1 is 0.895 bits per heavy atom. The third-order valence-corrected chi connectivity index (χ3v) is 2.99. The van der Waals surface area contributed by atoms with Gasteiger partial charge in [-0.05, 0) is 23.8 Å². The number of hydrogen-bond acceptors (Lipinski definition) is 1. The summed E-state index contributed by atoms with van der Waals surface area (Å²) >= 11 is 0. The van der Waals surface area contributed by atoms with Gasteiger partial charge in [-0.25, -0.2) is 17.6 Å². The quantitative estimate of drug-likeness (QED) is 0.495. The van der Waals surface area contributed by atoms with Gasteiger partial charge in [-0.1, -0.05) is 19.1 Å². The first-order chi connectivity index (χ1) is 8.91. The van der Waals surface area contributed by atoms with E-state index in [0.29, 0.717) is 11.6 Å². The summed E-state index contributed by atoms with van der Waals surface area (Å²) in [5.41, 5.74) is 0.268. The Kier molecular flexibility index (Phi) is 3.46. The zero-order chi connectivity index (χ0) is 14.2. The van der Waals surface area contributed by atoms with E-state index in [1.165, 1.54) is 31.2 Å². The van der Waals surface area contributed by atoms with Gasteiger partial charge in [0.05, 0.1) is 0 Å². The summed E-state index contributed by atoms with van der Waals surface area (Å²) in [7, 11) is 0. The number of halogens is 4. The fourth-order valence-electron chi connectivity index (χ4n) is 1.85. The lowest BCUT2D eigenvalue weighted by Gasteiger charge is -2.14. The van der Waals surface area contributed by atoms with Crippen molar-refractivity contribution in [3.8, 4) is 5.75 Å². The van der Waals surface area contributed by atoms with Crippen LogP contribution in [0.4, 0.5) is 17.6 Å². The highest BCUT2D eigenvalue weighted by molar-refractivity contribution is 5.36. The van der Waals surface area contributed by atoms with Gasteiger partial charge in [0.2, 0.25) is 0 Å². The van der Waals surface area contributed by atoms with Crippen LogP contribution >= 0.6 is 0 Å². The summed E-state index contributed by atoms with van der Waals surface area (Å²) in [6.07, 6.45) is 0. The Bertz CT molecular complexity index is 608. The van der Waals surface area contributed by atoms with Crippen molar-refractivity contribution >= 4 is 0 Å². The lowest BCUT2D eigenvalue weighted by molar-refractivity contribution is 0.402. The summed E-state index contributed by atoms with van der Waals surface area (Å²) < 4.78 is 52.8. The van der Waals surface area contributed by atoms with Gasteiger partial charge in [0.15, 0.2) is 23.3 Å². The average Bonchev–Trinajstić information content (AvgIpc) is 2.40. The third-order valence-electron chi connectivity index (χ3n) is 2.99. The van der Waals surface area contributed by atoms with E-state index < -0.39 is 29.2 Å². The van der Waals surface area contributed by atoms with E-state index in [1.54, 1.807) is 0 Å². The van der Waals surface area contributed by atoms with E-state index >= 15 is 0 Å². The van der Waals surface area contributed by atoms with Crippen LogP contribution in [0.5, 0.6) is 5.75 Å². The van der Waals surface area contributed by atoms with E-state index in [2.05, 4.69) is 0 Å². The second-order valence-corrected chi connectivity index (χ2v) is 4.20. The Morgan fingerprint density at radius 3 is 2.05 bits per heavy atom. The molecule has 0 aliphatic rings. The number of benzene rings is 2. The van der Waals surface area contributed by atoms with Crippen LogP contribution in [0.2, 0.25) is 0 Å². The largest absolute Gasteiger partial charge is 0.508 e. The van der Waals surface area contributed by atoms with E-state index in [1.807, 2.05) is 0 Å². The second-order valence-electron chi connectivity index (χ2n) is 4.20. The van der Waals surface area contributed by atoms with Gasteiger partial charge in [-0.2, -0.15) is 0 Å². The fourth-order valence-corrected chi connectivity index (χ4v) is 1.85. The molecule has 0 aliphatic carbocycles. The topological polar surface area (TPSA) is 20.2 Å². The van der Waals surface area contributed by atoms with Crippen molar-refractivity contribution in [2.24, 2.45) is 0 Å². The SMILES string of the molecule is CC(c1ccc(O)cc1)c1cc(F)c(F)c(F)c1F. The van der Waals surface area contributed by atoms with Gasteiger partial charge in [0, 0.05) is 11.5 Å². The first-order valence-electron chi connectivity index (χ1n) is 5.53. The van der Waals surface area contributed by atoms with Crippen molar-refractivity contribution < 1.29 is 22.7 Å². The molecule has 0 saturated carbocycles. The highest BCUT2D eigenvalue weighted by Gasteiger charge is 2.22. The number of aromatic hydroxyl groups is 1. The Morgan fingerprint density at radius 2 is 1.47 bits per heavy atom. The molecule has 2 aromatic rings. The minimum absolute atomic E-state index is 0.0212. The predicted molar refractivity (Wildman–Crippen MR) is 61.9 cm³/mol. The molecule has 2 rings (SSSR count). The number of rotatable bonds is 2. The number of phenolic OH excluding ortho intramolecular Hbond substituents is 1. The van der Waals surface area contributed by atoms with Crippen LogP contribution in [0.25, 0.3) is 0 Å². The predicted octanol–water partition coefficient (Wildman–Crippen LogP) is 4.10. The molecule has 0 fully saturated rings. The maximum absolute atomic E-state index is 13.6. The first-order valence-corrected chi connectivity index (χ1v) is 5.53. The standard InChI is InChI=1S/C14H10F4O/c1-7(8-2-4-9(19)5-3-8)10-6-11(15)13(17)14(18)12(10)16/h2-7,19H,1H3. The molecule has 0 heterocycles. The molecule has 0 aliphatic heterocycles. The van der Waals surface area contributed by atoms with Crippen molar-refractivity contribution in [3.63, 3.8) is 0 Å². The van der Waals surface area contributed by atoms with Crippen LogP contribution in [-0.2, 0) is 0 Å². The molecule has 1 N–H and O–H groups in total. The molecule has 1 unspecified atom stereocenters. The van der Waals surface area contributed by atoms with Gasteiger partial charge in [0.1, 0.15) is 5.75 Å². The minimum Gasteiger partial charge on any atom is -0.508 e. The van der Waals surface area contributed by atoms with Crippen LogP contribution in [0.3, 0.4) is 0 Å². The summed E-state index contributed by atoms with van der Waals surface area (Å²) in [6.45, 7) is 1.53. The van der Waals surface area contributed by atoms with Crippen LogP contribution < -0.4 is 0 Å². The molecule has 100 valence electrons. The zero-order valence-electron chi connectivity index (χ0n) is 9.92. The van der Waals surface area contributed by atoms with Gasteiger partial charge in [0.25, 0.3) is 0 Å². The second kappa shape index (κ2) is 4.91. The summed E-state index contributed by atoms with van der Waals surface area (Å²) in [5, 5.41) is 9.14. The normalized spacial score (nSPS) is 12.5. The Hall–Kier alpha value is -2.04. The van der Waals surface area contributed by atoms with E-state index in [-0.39, 0.29) is 11.3 Å². The molecule has 1 atom stereocenters. The fraction of sp³-hybridized carbons (Fsp3) is 0.143. The third kappa shape index (κ3) is 2.41. The smallest absolute Gasteiger partial charge is 0.197 e. The van der Waals surface area contributed by atoms with Crippen LogP contribution in [-0.4, -0.2) is 5.11 Å². The maximum Gasteiger partial charge on any atom is 0.197 e. The lowest BCUT2D eigenvalue weighted by Crippen LogP contribution is -2.05. The lowest BCUT2D eigenvalue weighted by atomic mass is 9.92. The van der Waals surface area contributed by atoms with Gasteiger partial charge >= 0.3 is 0 Å². The van der Waals surface area contributed by atoms with Gasteiger partial charge in [-0.3, -0.25) is 0 Å². The first kappa shape index (κ1) is 13.4. The molecule has 0 spiro atoms.